The summed E-state index contributed by atoms with van der Waals surface area (Å²) in [7, 11) is 0. The van der Waals surface area contributed by atoms with E-state index in [1.54, 1.807) is 25.3 Å². The summed E-state index contributed by atoms with van der Waals surface area (Å²) >= 11 is 2.00. The molecule has 1 aromatic heterocycles. The number of rotatable bonds is 2. The zero-order valence-electron chi connectivity index (χ0n) is 8.92. The zero-order chi connectivity index (χ0) is 12.4. The summed E-state index contributed by atoms with van der Waals surface area (Å²) < 4.78 is 14.2. The molecule has 17 heavy (non-hydrogen) atoms. The maximum atomic E-state index is 13.5. The lowest BCUT2D eigenvalue weighted by molar-refractivity contribution is 0.102. The van der Waals surface area contributed by atoms with Gasteiger partial charge < -0.3 is 5.32 Å². The van der Waals surface area contributed by atoms with Crippen LogP contribution in [0.3, 0.4) is 0 Å². The molecule has 0 aliphatic heterocycles. The van der Waals surface area contributed by atoms with E-state index in [0.717, 1.165) is 3.57 Å². The van der Waals surface area contributed by atoms with Gasteiger partial charge in [0.1, 0.15) is 5.82 Å². The standard InChI is InChI=1S/C11H9FIN3O/c1-6-8(12)4-7(5-9(6)13)11(17)15-10-2-3-14-16-10/h2-5H,1H3,(H2,14,15,16,17). The molecule has 2 N–H and O–H groups in total. The Bertz CT molecular complexity index is 531. The average molecular weight is 345 g/mol. The second-order valence-corrected chi connectivity index (χ2v) is 4.64. The average Bonchev–Trinajstić information content (AvgIpc) is 2.77. The minimum atomic E-state index is -0.385. The number of halogens is 2. The molecule has 0 unspecified atom stereocenters. The van der Waals surface area contributed by atoms with E-state index >= 15 is 0 Å². The monoisotopic (exact) mass is 345 g/mol. The summed E-state index contributed by atoms with van der Waals surface area (Å²) in [5, 5.41) is 8.93. The fourth-order valence-corrected chi connectivity index (χ4v) is 1.89. The Labute approximate surface area is 111 Å². The van der Waals surface area contributed by atoms with Crippen LogP contribution in [0.5, 0.6) is 0 Å². The molecule has 2 aromatic rings. The number of H-pyrrole nitrogens is 1. The third-order valence-electron chi connectivity index (χ3n) is 2.29. The number of carbonyl (C=O) groups excluding carboxylic acids is 1. The Morgan fingerprint density at radius 1 is 1.53 bits per heavy atom. The van der Waals surface area contributed by atoms with Crippen LogP contribution in [0.25, 0.3) is 0 Å². The van der Waals surface area contributed by atoms with E-state index in [9.17, 15) is 9.18 Å². The number of aromatic amines is 1. The van der Waals surface area contributed by atoms with Crippen molar-refractivity contribution in [3.63, 3.8) is 0 Å². The van der Waals surface area contributed by atoms with Gasteiger partial charge in [-0.25, -0.2) is 4.39 Å². The number of carbonyl (C=O) groups is 1. The fourth-order valence-electron chi connectivity index (χ4n) is 1.29. The molecule has 0 spiro atoms. The van der Waals surface area contributed by atoms with Gasteiger partial charge in [0.15, 0.2) is 5.82 Å². The van der Waals surface area contributed by atoms with Gasteiger partial charge in [-0.15, -0.1) is 0 Å². The lowest BCUT2D eigenvalue weighted by Crippen LogP contribution is -2.13. The topological polar surface area (TPSA) is 57.8 Å². The first kappa shape index (κ1) is 12.0. The van der Waals surface area contributed by atoms with Crippen molar-refractivity contribution in [3.8, 4) is 0 Å². The molecule has 1 aromatic carbocycles. The Morgan fingerprint density at radius 3 is 2.88 bits per heavy atom. The van der Waals surface area contributed by atoms with Gasteiger partial charge in [-0.3, -0.25) is 9.89 Å². The molecule has 0 fully saturated rings. The highest BCUT2D eigenvalue weighted by Crippen LogP contribution is 2.18. The molecule has 0 atom stereocenters. The van der Waals surface area contributed by atoms with Crippen LogP contribution in [0.4, 0.5) is 10.2 Å². The molecule has 0 saturated heterocycles. The molecule has 1 heterocycles. The highest BCUT2D eigenvalue weighted by atomic mass is 127. The first-order chi connectivity index (χ1) is 8.08. The quantitative estimate of drug-likeness (QED) is 0.823. The molecular formula is C11H9FIN3O. The molecule has 0 saturated carbocycles. The van der Waals surface area contributed by atoms with Crippen molar-refractivity contribution < 1.29 is 9.18 Å². The minimum absolute atomic E-state index is 0.278. The van der Waals surface area contributed by atoms with Gasteiger partial charge in [0, 0.05) is 21.4 Å². The van der Waals surface area contributed by atoms with Crippen molar-refractivity contribution in [2.45, 2.75) is 6.92 Å². The maximum absolute atomic E-state index is 13.5. The fraction of sp³-hybridized carbons (Fsp3) is 0.0909. The summed E-state index contributed by atoms with van der Waals surface area (Å²) in [4.78, 5) is 11.8. The number of nitrogens with one attached hydrogen (secondary N) is 2. The zero-order valence-corrected chi connectivity index (χ0v) is 11.1. The third kappa shape index (κ3) is 2.63. The molecule has 0 aliphatic rings. The van der Waals surface area contributed by atoms with Crippen LogP contribution in [0, 0.1) is 16.3 Å². The molecule has 88 valence electrons. The second kappa shape index (κ2) is 4.82. The van der Waals surface area contributed by atoms with Gasteiger partial charge in [0.05, 0.1) is 0 Å². The number of nitrogens with zero attached hydrogens (tertiary/aromatic N) is 1. The van der Waals surface area contributed by atoms with E-state index in [0.29, 0.717) is 11.4 Å². The van der Waals surface area contributed by atoms with Crippen LogP contribution in [-0.4, -0.2) is 16.1 Å². The summed E-state index contributed by atoms with van der Waals surface area (Å²) in [6, 6.07) is 4.48. The van der Waals surface area contributed by atoms with E-state index < -0.39 is 0 Å². The van der Waals surface area contributed by atoms with Crippen LogP contribution in [0.1, 0.15) is 15.9 Å². The van der Waals surface area contributed by atoms with Crippen molar-refractivity contribution in [2.75, 3.05) is 5.32 Å². The lowest BCUT2D eigenvalue weighted by Gasteiger charge is -2.05. The van der Waals surface area contributed by atoms with Gasteiger partial charge in [0.2, 0.25) is 0 Å². The molecule has 0 aliphatic carbocycles. The highest BCUT2D eigenvalue weighted by Gasteiger charge is 2.12. The predicted octanol–water partition coefficient (Wildman–Crippen LogP) is 2.71. The van der Waals surface area contributed by atoms with Crippen molar-refractivity contribution >= 4 is 34.3 Å². The first-order valence-corrected chi connectivity index (χ1v) is 5.92. The van der Waals surface area contributed by atoms with Crippen molar-refractivity contribution in [2.24, 2.45) is 0 Å². The van der Waals surface area contributed by atoms with Crippen LogP contribution in [-0.2, 0) is 0 Å². The summed E-state index contributed by atoms with van der Waals surface area (Å²) in [6.07, 6.45) is 1.59. The third-order valence-corrected chi connectivity index (χ3v) is 3.41. The van der Waals surface area contributed by atoms with E-state index in [1.807, 2.05) is 22.6 Å². The molecule has 0 radical (unpaired) electrons. The number of hydrogen-bond donors (Lipinski definition) is 2. The predicted molar refractivity (Wildman–Crippen MR) is 70.4 cm³/mol. The second-order valence-electron chi connectivity index (χ2n) is 3.48. The number of aromatic nitrogens is 2. The number of hydrogen-bond acceptors (Lipinski definition) is 2. The Balaban J connectivity index is 2.26. The smallest absolute Gasteiger partial charge is 0.257 e. The van der Waals surface area contributed by atoms with Crippen LogP contribution in [0.15, 0.2) is 24.4 Å². The van der Waals surface area contributed by atoms with E-state index in [4.69, 9.17) is 0 Å². The van der Waals surface area contributed by atoms with Crippen molar-refractivity contribution in [1.29, 1.82) is 0 Å². The lowest BCUT2D eigenvalue weighted by atomic mass is 10.1. The Hall–Kier alpha value is -1.44. The molecule has 1 amide bonds. The normalized spacial score (nSPS) is 10.3. The maximum Gasteiger partial charge on any atom is 0.257 e. The molecule has 4 nitrogen and oxygen atoms in total. The van der Waals surface area contributed by atoms with Crippen LogP contribution < -0.4 is 5.32 Å². The minimum Gasteiger partial charge on any atom is -0.305 e. The van der Waals surface area contributed by atoms with Crippen LogP contribution >= 0.6 is 22.6 Å². The van der Waals surface area contributed by atoms with E-state index in [2.05, 4.69) is 15.5 Å². The summed E-state index contributed by atoms with van der Waals surface area (Å²) in [5.41, 5.74) is 0.822. The number of anilines is 1. The number of amides is 1. The molecule has 0 bridgehead atoms. The number of benzene rings is 1. The highest BCUT2D eigenvalue weighted by molar-refractivity contribution is 14.1. The molecule has 6 heteroatoms. The van der Waals surface area contributed by atoms with E-state index in [-0.39, 0.29) is 17.3 Å². The van der Waals surface area contributed by atoms with Crippen molar-refractivity contribution in [1.82, 2.24) is 10.2 Å². The van der Waals surface area contributed by atoms with Gasteiger partial charge in [-0.2, -0.15) is 5.10 Å². The van der Waals surface area contributed by atoms with Gasteiger partial charge >= 0.3 is 0 Å². The summed E-state index contributed by atoms with van der Waals surface area (Å²) in [5.74, 6) is -0.357. The largest absolute Gasteiger partial charge is 0.305 e. The first-order valence-electron chi connectivity index (χ1n) is 4.84. The van der Waals surface area contributed by atoms with Crippen molar-refractivity contribution in [3.05, 3.63) is 44.9 Å². The van der Waals surface area contributed by atoms with E-state index in [1.165, 1.54) is 6.07 Å². The SMILES string of the molecule is Cc1c(F)cc(C(=O)Nc2cc[nH]n2)cc1I. The Kier molecular flexibility index (Phi) is 3.41. The summed E-state index contributed by atoms with van der Waals surface area (Å²) in [6.45, 7) is 1.67. The Morgan fingerprint density at radius 2 is 2.29 bits per heavy atom. The molecular weight excluding hydrogens is 336 g/mol. The van der Waals surface area contributed by atoms with Crippen LogP contribution in [0.2, 0.25) is 0 Å². The van der Waals surface area contributed by atoms with Gasteiger partial charge in [0.25, 0.3) is 5.91 Å². The van der Waals surface area contributed by atoms with Gasteiger partial charge in [-0.05, 0) is 47.2 Å². The van der Waals surface area contributed by atoms with Gasteiger partial charge in [-0.1, -0.05) is 0 Å². The molecule has 2 rings (SSSR count).